The number of benzene rings is 2. The number of hydrogen-bond acceptors (Lipinski definition) is 4. The molecule has 0 radical (unpaired) electrons. The third-order valence-electron chi connectivity index (χ3n) is 6.28. The Balaban J connectivity index is 1.29. The zero-order valence-corrected chi connectivity index (χ0v) is 16.2. The van der Waals surface area contributed by atoms with Crippen molar-refractivity contribution in [3.8, 4) is 0 Å². The number of amides is 2. The Kier molecular flexibility index (Phi) is 4.32. The average molecular weight is 411 g/mol. The second kappa shape index (κ2) is 6.88. The molecule has 6 nitrogen and oxygen atoms in total. The lowest BCUT2D eigenvalue weighted by Crippen LogP contribution is -2.35. The molecule has 0 spiro atoms. The highest BCUT2D eigenvalue weighted by Gasteiger charge is 2.63. The molecule has 1 saturated heterocycles. The molecule has 1 aliphatic heterocycles. The first kappa shape index (κ1) is 18.2. The van der Waals surface area contributed by atoms with Crippen LogP contribution in [0.4, 0.5) is 11.4 Å². The Labute approximate surface area is 172 Å². The van der Waals surface area contributed by atoms with Gasteiger partial charge in [0.05, 0.1) is 11.8 Å². The van der Waals surface area contributed by atoms with E-state index in [-0.39, 0.29) is 47.6 Å². The molecule has 2 saturated carbocycles. The Morgan fingerprint density at radius 3 is 2.59 bits per heavy atom. The number of hydrogen-bond donors (Lipinski definition) is 2. The van der Waals surface area contributed by atoms with Crippen LogP contribution in [0, 0.1) is 23.7 Å². The zero-order chi connectivity index (χ0) is 20.1. The molecule has 1 heterocycles. The molecule has 2 aromatic carbocycles. The van der Waals surface area contributed by atoms with Gasteiger partial charge in [-0.15, -0.1) is 0 Å². The minimum Gasteiger partial charge on any atom is -0.462 e. The quantitative estimate of drug-likeness (QED) is 0.752. The van der Waals surface area contributed by atoms with Gasteiger partial charge in [0.25, 0.3) is 5.91 Å². The number of nitrogens with one attached hydrogen (secondary N) is 2. The lowest BCUT2D eigenvalue weighted by molar-refractivity contribution is -0.145. The molecule has 2 aromatic rings. The highest BCUT2D eigenvalue weighted by molar-refractivity contribution is 6.30. The smallest absolute Gasteiger partial charge is 0.310 e. The summed E-state index contributed by atoms with van der Waals surface area (Å²) in [5, 5.41) is 6.28. The maximum atomic E-state index is 12.9. The summed E-state index contributed by atoms with van der Waals surface area (Å²) >= 11 is 5.86. The van der Waals surface area contributed by atoms with E-state index in [2.05, 4.69) is 10.6 Å². The largest absolute Gasteiger partial charge is 0.462 e. The van der Waals surface area contributed by atoms with Crippen molar-refractivity contribution in [1.29, 1.82) is 0 Å². The number of carbonyl (C=O) groups is 3. The molecule has 3 fully saturated rings. The van der Waals surface area contributed by atoms with Crippen molar-refractivity contribution in [2.24, 2.45) is 23.7 Å². The summed E-state index contributed by atoms with van der Waals surface area (Å²) in [5.74, 6) is -0.998. The van der Waals surface area contributed by atoms with Gasteiger partial charge in [-0.2, -0.15) is 0 Å². The zero-order valence-electron chi connectivity index (χ0n) is 15.4. The van der Waals surface area contributed by atoms with Crippen molar-refractivity contribution < 1.29 is 19.1 Å². The van der Waals surface area contributed by atoms with Crippen LogP contribution in [0.3, 0.4) is 0 Å². The maximum Gasteiger partial charge on any atom is 0.310 e. The van der Waals surface area contributed by atoms with Crippen LogP contribution in [0.2, 0.25) is 5.02 Å². The second-order valence-electron chi connectivity index (χ2n) is 7.95. The van der Waals surface area contributed by atoms with Gasteiger partial charge in [0, 0.05) is 27.9 Å². The number of esters is 1. The monoisotopic (exact) mass is 410 g/mol. The molecule has 0 aromatic heterocycles. The van der Waals surface area contributed by atoms with E-state index in [0.29, 0.717) is 22.0 Å². The van der Waals surface area contributed by atoms with E-state index in [1.807, 2.05) is 0 Å². The molecule has 5 atom stereocenters. The maximum absolute atomic E-state index is 12.9. The molecular weight excluding hydrogens is 392 g/mol. The van der Waals surface area contributed by atoms with Crippen molar-refractivity contribution in [3.63, 3.8) is 0 Å². The van der Waals surface area contributed by atoms with Gasteiger partial charge in [-0.1, -0.05) is 17.7 Å². The van der Waals surface area contributed by atoms with Gasteiger partial charge in [0.15, 0.2) is 0 Å². The van der Waals surface area contributed by atoms with Crippen LogP contribution < -0.4 is 10.6 Å². The molecule has 2 aliphatic carbocycles. The van der Waals surface area contributed by atoms with Crippen molar-refractivity contribution >= 4 is 40.8 Å². The van der Waals surface area contributed by atoms with Gasteiger partial charge in [-0.25, -0.2) is 0 Å². The van der Waals surface area contributed by atoms with Crippen molar-refractivity contribution in [2.75, 3.05) is 10.6 Å². The van der Waals surface area contributed by atoms with Crippen molar-refractivity contribution in [1.82, 2.24) is 0 Å². The minimum atomic E-state index is -0.349. The fraction of sp³-hybridized carbons (Fsp3) is 0.318. The molecule has 2 N–H and O–H groups in total. The lowest BCUT2D eigenvalue weighted by Gasteiger charge is -2.23. The molecule has 5 rings (SSSR count). The number of halogens is 1. The first-order valence-corrected chi connectivity index (χ1v) is 10.1. The lowest BCUT2D eigenvalue weighted by atomic mass is 9.79. The topological polar surface area (TPSA) is 84.5 Å². The molecule has 7 heteroatoms. The number of rotatable bonds is 4. The van der Waals surface area contributed by atoms with Gasteiger partial charge in [-0.3, -0.25) is 14.4 Å². The molecule has 29 heavy (non-hydrogen) atoms. The van der Waals surface area contributed by atoms with E-state index in [9.17, 15) is 14.4 Å². The van der Waals surface area contributed by atoms with Gasteiger partial charge >= 0.3 is 5.97 Å². The van der Waals surface area contributed by atoms with Crippen LogP contribution in [0.25, 0.3) is 0 Å². The van der Waals surface area contributed by atoms with Crippen LogP contribution >= 0.6 is 11.6 Å². The first-order valence-electron chi connectivity index (χ1n) is 9.68. The van der Waals surface area contributed by atoms with E-state index >= 15 is 0 Å². The highest BCUT2D eigenvalue weighted by Crippen LogP contribution is 2.57. The van der Waals surface area contributed by atoms with Crippen LogP contribution in [0.15, 0.2) is 48.5 Å². The fourth-order valence-corrected chi connectivity index (χ4v) is 5.19. The number of carbonyl (C=O) groups excluding carboxylic acids is 3. The summed E-state index contributed by atoms with van der Waals surface area (Å²) in [5.41, 5.74) is 1.58. The van der Waals surface area contributed by atoms with E-state index in [1.165, 1.54) is 0 Å². The van der Waals surface area contributed by atoms with E-state index in [4.69, 9.17) is 16.3 Å². The third kappa shape index (κ3) is 3.17. The molecule has 2 amide bonds. The molecule has 3 aliphatic rings. The second-order valence-corrected chi connectivity index (χ2v) is 8.39. The Morgan fingerprint density at radius 2 is 1.79 bits per heavy atom. The fourth-order valence-electron chi connectivity index (χ4n) is 5.06. The van der Waals surface area contributed by atoms with Gasteiger partial charge in [-0.05, 0) is 61.2 Å². The number of anilines is 2. The highest BCUT2D eigenvalue weighted by atomic mass is 35.5. The van der Waals surface area contributed by atoms with E-state index < -0.39 is 0 Å². The summed E-state index contributed by atoms with van der Waals surface area (Å²) in [4.78, 5) is 37.6. The molecule has 148 valence electrons. The standard InChI is InChI=1S/C22H19ClN2O4/c23-13-4-6-14(7-5-13)24-20(26)11-2-1-3-15(8-11)25-21(27)18-12-9-16-17(10-12)29-22(28)19(16)18/h1-8,12,16-19H,9-10H2,(H,24,26)(H,25,27)/t12-,16+,17-,18+,19+/m1/s1. The van der Waals surface area contributed by atoms with E-state index in [0.717, 1.165) is 12.8 Å². The van der Waals surface area contributed by atoms with Gasteiger partial charge in [0.2, 0.25) is 5.91 Å². The summed E-state index contributed by atoms with van der Waals surface area (Å²) in [6, 6.07) is 13.6. The first-order chi connectivity index (χ1) is 14.0. The normalized spacial score (nSPS) is 28.9. The SMILES string of the molecule is O=C(Nc1ccc(Cl)cc1)c1cccc(NC(=O)[C@H]2[C@@H]3C[C@@H]4[C@@H]2C(=O)O[C@@H]4C3)c1. The summed E-state index contributed by atoms with van der Waals surface area (Å²) in [7, 11) is 0. The Bertz CT molecular complexity index is 1000. The van der Waals surface area contributed by atoms with Crippen LogP contribution in [-0.4, -0.2) is 23.9 Å². The van der Waals surface area contributed by atoms with Crippen LogP contribution in [0.1, 0.15) is 23.2 Å². The van der Waals surface area contributed by atoms with Crippen LogP contribution in [0.5, 0.6) is 0 Å². The van der Waals surface area contributed by atoms with Crippen molar-refractivity contribution in [2.45, 2.75) is 18.9 Å². The van der Waals surface area contributed by atoms with Gasteiger partial charge < -0.3 is 15.4 Å². The van der Waals surface area contributed by atoms with E-state index in [1.54, 1.807) is 48.5 Å². The van der Waals surface area contributed by atoms with Crippen molar-refractivity contribution in [3.05, 3.63) is 59.1 Å². The average Bonchev–Trinajstić information content (AvgIpc) is 3.32. The third-order valence-corrected chi connectivity index (χ3v) is 6.53. The Morgan fingerprint density at radius 1 is 1.00 bits per heavy atom. The number of ether oxygens (including phenoxy) is 1. The summed E-state index contributed by atoms with van der Waals surface area (Å²) in [6.07, 6.45) is 1.65. The Hall–Kier alpha value is -2.86. The predicted molar refractivity (Wildman–Crippen MR) is 108 cm³/mol. The molecular formula is C22H19ClN2O4. The van der Waals surface area contributed by atoms with Gasteiger partial charge in [0.1, 0.15) is 6.10 Å². The predicted octanol–water partition coefficient (Wildman–Crippen LogP) is 3.73. The van der Waals surface area contributed by atoms with Crippen LogP contribution in [-0.2, 0) is 14.3 Å². The minimum absolute atomic E-state index is 0.00133. The summed E-state index contributed by atoms with van der Waals surface area (Å²) < 4.78 is 5.40. The molecule has 0 unspecified atom stereocenters. The summed E-state index contributed by atoms with van der Waals surface area (Å²) in [6.45, 7) is 0. The molecule has 2 bridgehead atoms. The number of fused-ring (bicyclic) bond motifs is 1.